The molecule has 0 saturated carbocycles. The predicted octanol–water partition coefficient (Wildman–Crippen LogP) is 2.71. The van der Waals surface area contributed by atoms with Crippen molar-refractivity contribution in [3.8, 4) is 0 Å². The maximum atomic E-state index is 12.3. The first-order chi connectivity index (χ1) is 10.9. The summed E-state index contributed by atoms with van der Waals surface area (Å²) >= 11 is 0. The Morgan fingerprint density at radius 1 is 1.22 bits per heavy atom. The van der Waals surface area contributed by atoms with Gasteiger partial charge < -0.3 is 9.64 Å². The van der Waals surface area contributed by atoms with Crippen LogP contribution in [0.3, 0.4) is 0 Å². The Morgan fingerprint density at radius 3 is 2.57 bits per heavy atom. The lowest BCUT2D eigenvalue weighted by atomic mass is 10.2. The molecule has 1 aromatic carbocycles. The molecule has 6 nitrogen and oxygen atoms in total. The van der Waals surface area contributed by atoms with Crippen LogP contribution in [0.1, 0.15) is 31.7 Å². The number of rotatable bonds is 4. The van der Waals surface area contributed by atoms with Gasteiger partial charge >= 0.3 is 6.09 Å². The van der Waals surface area contributed by atoms with Crippen molar-refractivity contribution in [2.45, 2.75) is 44.1 Å². The number of benzene rings is 1. The second-order valence-electron chi connectivity index (χ2n) is 5.60. The maximum absolute atomic E-state index is 12.3. The minimum Gasteiger partial charge on any atom is -0.450 e. The fraction of sp³-hybridized carbons (Fsp3) is 0.562. The molecular formula is C16H23NO5S. The van der Waals surface area contributed by atoms with Gasteiger partial charge in [-0.05, 0) is 45.2 Å². The van der Waals surface area contributed by atoms with Gasteiger partial charge in [-0.2, -0.15) is 8.42 Å². The third kappa shape index (κ3) is 4.94. The fourth-order valence-electron chi connectivity index (χ4n) is 2.50. The molecule has 1 saturated heterocycles. The molecule has 1 aliphatic heterocycles. The summed E-state index contributed by atoms with van der Waals surface area (Å²) in [6, 6.07) is 6.58. The van der Waals surface area contributed by atoms with Gasteiger partial charge in [0.1, 0.15) is 0 Å². The van der Waals surface area contributed by atoms with Crippen molar-refractivity contribution in [3.05, 3.63) is 29.8 Å². The zero-order valence-electron chi connectivity index (χ0n) is 13.5. The molecule has 0 unspecified atom stereocenters. The molecule has 1 aliphatic rings. The Balaban J connectivity index is 1.98. The number of aryl methyl sites for hydroxylation is 1. The molecular weight excluding hydrogens is 318 g/mol. The van der Waals surface area contributed by atoms with E-state index in [1.165, 1.54) is 0 Å². The Bertz CT molecular complexity index is 626. The van der Waals surface area contributed by atoms with Gasteiger partial charge in [-0.15, -0.1) is 0 Å². The quantitative estimate of drug-likeness (QED) is 0.787. The molecule has 0 N–H and O–H groups in total. The van der Waals surface area contributed by atoms with E-state index in [4.69, 9.17) is 8.92 Å². The molecule has 2 rings (SSSR count). The number of likely N-dealkylation sites (tertiary alicyclic amines) is 1. The molecule has 0 bridgehead atoms. The highest BCUT2D eigenvalue weighted by Gasteiger charge is 2.26. The van der Waals surface area contributed by atoms with E-state index in [2.05, 4.69) is 0 Å². The standard InChI is InChI=1S/C16H23NO5S/c1-3-21-16(18)17-11-4-5-14(10-12-17)22-23(19,20)15-8-6-13(2)7-9-15/h6-9,14H,3-5,10-12H2,1-2H3/t14-/m0/s1. The van der Waals surface area contributed by atoms with Gasteiger partial charge in [-0.25, -0.2) is 4.79 Å². The minimum atomic E-state index is -3.78. The second kappa shape index (κ2) is 7.79. The summed E-state index contributed by atoms with van der Waals surface area (Å²) in [5.41, 5.74) is 0.989. The van der Waals surface area contributed by atoms with Gasteiger partial charge in [-0.1, -0.05) is 17.7 Å². The van der Waals surface area contributed by atoms with Crippen LogP contribution >= 0.6 is 0 Å². The summed E-state index contributed by atoms with van der Waals surface area (Å²) in [4.78, 5) is 13.5. The maximum Gasteiger partial charge on any atom is 0.409 e. The van der Waals surface area contributed by atoms with E-state index in [0.717, 1.165) is 5.56 Å². The Hall–Kier alpha value is -1.60. The van der Waals surface area contributed by atoms with E-state index >= 15 is 0 Å². The summed E-state index contributed by atoms with van der Waals surface area (Å²) < 4.78 is 35.0. The molecule has 0 aromatic heterocycles. The zero-order valence-corrected chi connectivity index (χ0v) is 14.3. The van der Waals surface area contributed by atoms with Crippen molar-refractivity contribution >= 4 is 16.2 Å². The van der Waals surface area contributed by atoms with Crippen LogP contribution in [0.5, 0.6) is 0 Å². The number of hydrogen-bond acceptors (Lipinski definition) is 5. The lowest BCUT2D eigenvalue weighted by Gasteiger charge is -2.19. The second-order valence-corrected chi connectivity index (χ2v) is 7.17. The lowest BCUT2D eigenvalue weighted by Crippen LogP contribution is -2.33. The first-order valence-electron chi connectivity index (χ1n) is 7.84. The van der Waals surface area contributed by atoms with Gasteiger partial charge in [0.2, 0.25) is 0 Å². The molecule has 128 valence electrons. The minimum absolute atomic E-state index is 0.162. The molecule has 1 fully saturated rings. The average molecular weight is 341 g/mol. The van der Waals surface area contributed by atoms with Crippen LogP contribution in [0.25, 0.3) is 0 Å². The van der Waals surface area contributed by atoms with Crippen molar-refractivity contribution in [2.75, 3.05) is 19.7 Å². The molecule has 1 atom stereocenters. The molecule has 0 spiro atoms. The molecule has 1 heterocycles. The van der Waals surface area contributed by atoms with Crippen LogP contribution in [0.2, 0.25) is 0 Å². The Kier molecular flexibility index (Phi) is 6.01. The Morgan fingerprint density at radius 2 is 1.91 bits per heavy atom. The zero-order chi connectivity index (χ0) is 16.9. The number of hydrogen-bond donors (Lipinski definition) is 0. The monoisotopic (exact) mass is 341 g/mol. The largest absolute Gasteiger partial charge is 0.450 e. The fourth-order valence-corrected chi connectivity index (χ4v) is 3.63. The predicted molar refractivity (Wildman–Crippen MR) is 85.7 cm³/mol. The first-order valence-corrected chi connectivity index (χ1v) is 9.25. The van der Waals surface area contributed by atoms with Crippen LogP contribution in [0.15, 0.2) is 29.2 Å². The highest BCUT2D eigenvalue weighted by Crippen LogP contribution is 2.21. The first kappa shape index (κ1) is 17.7. The summed E-state index contributed by atoms with van der Waals surface area (Å²) in [6.07, 6.45) is 0.993. The molecule has 0 radical (unpaired) electrons. The number of carbonyl (C=O) groups excluding carboxylic acids is 1. The number of amides is 1. The summed E-state index contributed by atoms with van der Waals surface area (Å²) in [6.45, 7) is 4.98. The molecule has 7 heteroatoms. The van der Waals surface area contributed by atoms with E-state index in [9.17, 15) is 13.2 Å². The van der Waals surface area contributed by atoms with E-state index in [0.29, 0.717) is 39.0 Å². The van der Waals surface area contributed by atoms with Crippen LogP contribution in [0, 0.1) is 6.92 Å². The lowest BCUT2D eigenvalue weighted by molar-refractivity contribution is 0.107. The number of ether oxygens (including phenoxy) is 1. The van der Waals surface area contributed by atoms with E-state index in [-0.39, 0.29) is 11.0 Å². The van der Waals surface area contributed by atoms with Gasteiger partial charge in [-0.3, -0.25) is 4.18 Å². The van der Waals surface area contributed by atoms with Crippen LogP contribution < -0.4 is 0 Å². The van der Waals surface area contributed by atoms with Gasteiger partial charge in [0.15, 0.2) is 0 Å². The summed E-state index contributed by atoms with van der Waals surface area (Å²) in [7, 11) is -3.78. The molecule has 23 heavy (non-hydrogen) atoms. The van der Waals surface area contributed by atoms with Gasteiger partial charge in [0, 0.05) is 13.1 Å². The van der Waals surface area contributed by atoms with Crippen LogP contribution in [-0.4, -0.2) is 45.2 Å². The number of carbonyl (C=O) groups is 1. The van der Waals surface area contributed by atoms with Crippen LogP contribution in [0.4, 0.5) is 4.79 Å². The van der Waals surface area contributed by atoms with E-state index in [1.807, 2.05) is 6.92 Å². The molecule has 0 aliphatic carbocycles. The topological polar surface area (TPSA) is 72.9 Å². The summed E-state index contributed by atoms with van der Waals surface area (Å²) in [5, 5.41) is 0. The Labute approximate surface area is 137 Å². The van der Waals surface area contributed by atoms with Crippen molar-refractivity contribution in [1.29, 1.82) is 0 Å². The highest BCUT2D eigenvalue weighted by atomic mass is 32.2. The average Bonchev–Trinajstić information content (AvgIpc) is 2.73. The third-order valence-corrected chi connectivity index (χ3v) is 5.15. The molecule has 1 aromatic rings. The van der Waals surface area contributed by atoms with Gasteiger partial charge in [0.25, 0.3) is 10.1 Å². The molecule has 1 amide bonds. The van der Waals surface area contributed by atoms with Crippen molar-refractivity contribution in [3.63, 3.8) is 0 Å². The SMILES string of the molecule is CCOC(=O)N1CCC[C@H](OS(=O)(=O)c2ccc(C)cc2)CC1. The van der Waals surface area contributed by atoms with Crippen molar-refractivity contribution in [2.24, 2.45) is 0 Å². The third-order valence-electron chi connectivity index (χ3n) is 3.77. The van der Waals surface area contributed by atoms with Crippen molar-refractivity contribution in [1.82, 2.24) is 4.90 Å². The van der Waals surface area contributed by atoms with E-state index < -0.39 is 16.2 Å². The van der Waals surface area contributed by atoms with Crippen molar-refractivity contribution < 1.29 is 22.1 Å². The normalized spacial score (nSPS) is 19.2. The summed E-state index contributed by atoms with van der Waals surface area (Å²) in [5.74, 6) is 0. The smallest absolute Gasteiger partial charge is 0.409 e. The number of nitrogens with zero attached hydrogens (tertiary/aromatic N) is 1. The van der Waals surface area contributed by atoms with Crippen LogP contribution in [-0.2, 0) is 19.0 Å². The highest BCUT2D eigenvalue weighted by molar-refractivity contribution is 7.86. The van der Waals surface area contributed by atoms with Gasteiger partial charge in [0.05, 0.1) is 17.6 Å². The van der Waals surface area contributed by atoms with E-state index in [1.54, 1.807) is 36.1 Å².